The van der Waals surface area contributed by atoms with Gasteiger partial charge in [0.05, 0.1) is 11.3 Å². The molecule has 1 unspecified atom stereocenters. The maximum Gasteiger partial charge on any atom is 0.254 e. The van der Waals surface area contributed by atoms with E-state index in [0.29, 0.717) is 67.2 Å². The fourth-order valence-electron chi connectivity index (χ4n) is 6.26. The average Bonchev–Trinajstić information content (AvgIpc) is 3.47. The van der Waals surface area contributed by atoms with Gasteiger partial charge in [-0.2, -0.15) is 4.98 Å². The average molecular weight is 631 g/mol. The van der Waals surface area contributed by atoms with Crippen LogP contribution in [0.4, 0.5) is 17.3 Å². The number of carbonyl (C=O) groups excluding carboxylic acids is 2. The molecule has 2 saturated heterocycles. The lowest BCUT2D eigenvalue weighted by atomic mass is 9.84. The van der Waals surface area contributed by atoms with Gasteiger partial charge in [-0.05, 0) is 80.8 Å². The van der Waals surface area contributed by atoms with Gasteiger partial charge < -0.3 is 25.5 Å². The number of aliphatic hydroxyl groups is 1. The standard InChI is InChI=1S/C33H39ClN8O3/c1-22(2)40-19-20-41(28(21-40)30(43)35-3)31(44)23-6-12-26(13-7-23)36-32-37-29-27(5-4-16-42(29)38-32)39-17-14-33(45,15-18-39)24-8-10-25(34)11-9-24/h4-13,16,22,28,45H,14-15,17-21H2,1-3H3,(H,35,43)(H,36,38). The van der Waals surface area contributed by atoms with Gasteiger partial charge in [0.15, 0.2) is 5.65 Å². The quantitative estimate of drug-likeness (QED) is 0.282. The fourth-order valence-corrected chi connectivity index (χ4v) is 6.38. The van der Waals surface area contributed by atoms with Crippen molar-refractivity contribution < 1.29 is 14.7 Å². The van der Waals surface area contributed by atoms with Gasteiger partial charge >= 0.3 is 0 Å². The van der Waals surface area contributed by atoms with Crippen LogP contribution in [0.15, 0.2) is 66.9 Å². The van der Waals surface area contributed by atoms with Crippen LogP contribution < -0.4 is 15.5 Å². The highest BCUT2D eigenvalue weighted by Gasteiger charge is 2.36. The molecule has 2 amide bonds. The van der Waals surface area contributed by atoms with Crippen LogP contribution in [0, 0.1) is 0 Å². The molecule has 1 atom stereocenters. The summed E-state index contributed by atoms with van der Waals surface area (Å²) >= 11 is 6.05. The molecule has 0 spiro atoms. The molecule has 4 heterocycles. The number of nitrogens with zero attached hydrogens (tertiary/aromatic N) is 6. The molecule has 12 heteroatoms. The molecule has 0 bridgehead atoms. The number of piperidine rings is 1. The molecular weight excluding hydrogens is 592 g/mol. The third-order valence-electron chi connectivity index (χ3n) is 8.99. The zero-order chi connectivity index (χ0) is 31.7. The molecule has 2 aliphatic rings. The lowest BCUT2D eigenvalue weighted by molar-refractivity contribution is -0.127. The van der Waals surface area contributed by atoms with Crippen molar-refractivity contribution in [1.29, 1.82) is 0 Å². The van der Waals surface area contributed by atoms with Crippen LogP contribution in [-0.2, 0) is 10.4 Å². The highest BCUT2D eigenvalue weighted by molar-refractivity contribution is 6.30. The summed E-state index contributed by atoms with van der Waals surface area (Å²) in [6.45, 7) is 7.23. The summed E-state index contributed by atoms with van der Waals surface area (Å²) in [7, 11) is 1.60. The number of hydrogen-bond acceptors (Lipinski definition) is 8. The Morgan fingerprint density at radius 2 is 1.71 bits per heavy atom. The first-order chi connectivity index (χ1) is 21.6. The number of anilines is 3. The maximum absolute atomic E-state index is 13.5. The van der Waals surface area contributed by atoms with E-state index in [9.17, 15) is 14.7 Å². The molecule has 6 rings (SSSR count). The van der Waals surface area contributed by atoms with Crippen LogP contribution in [-0.4, -0.2) is 93.2 Å². The van der Waals surface area contributed by atoms with Crippen LogP contribution in [0.5, 0.6) is 0 Å². The molecule has 3 N–H and O–H groups in total. The zero-order valence-corrected chi connectivity index (χ0v) is 26.5. The first kappa shape index (κ1) is 30.8. The summed E-state index contributed by atoms with van der Waals surface area (Å²) < 4.78 is 1.74. The second kappa shape index (κ2) is 12.7. The largest absolute Gasteiger partial charge is 0.385 e. The van der Waals surface area contributed by atoms with Crippen LogP contribution in [0.1, 0.15) is 42.6 Å². The number of carbonyl (C=O) groups is 2. The van der Waals surface area contributed by atoms with Crippen molar-refractivity contribution in [3.8, 4) is 0 Å². The zero-order valence-electron chi connectivity index (χ0n) is 25.8. The van der Waals surface area contributed by atoms with E-state index in [0.717, 1.165) is 23.5 Å². The van der Waals surface area contributed by atoms with Gasteiger partial charge in [0.25, 0.3) is 5.91 Å². The van der Waals surface area contributed by atoms with E-state index in [1.165, 1.54) is 0 Å². The van der Waals surface area contributed by atoms with Crippen molar-refractivity contribution in [2.75, 3.05) is 50.0 Å². The number of hydrogen-bond donors (Lipinski definition) is 3. The van der Waals surface area contributed by atoms with E-state index in [1.807, 2.05) is 54.7 Å². The molecule has 0 radical (unpaired) electrons. The van der Waals surface area contributed by atoms with Gasteiger partial charge in [0, 0.05) is 68.3 Å². The van der Waals surface area contributed by atoms with Gasteiger partial charge in [-0.25, -0.2) is 4.52 Å². The van der Waals surface area contributed by atoms with Crippen molar-refractivity contribution >= 4 is 46.4 Å². The Balaban J connectivity index is 1.13. The van der Waals surface area contributed by atoms with Crippen molar-refractivity contribution in [1.82, 2.24) is 29.7 Å². The highest BCUT2D eigenvalue weighted by Crippen LogP contribution is 2.36. The number of piperazine rings is 1. The van der Waals surface area contributed by atoms with Crippen molar-refractivity contribution in [2.24, 2.45) is 0 Å². The minimum Gasteiger partial charge on any atom is -0.385 e. The number of nitrogens with one attached hydrogen (secondary N) is 2. The van der Waals surface area contributed by atoms with E-state index in [4.69, 9.17) is 16.6 Å². The number of likely N-dealkylation sites (N-methyl/N-ethyl adjacent to an activating group) is 1. The van der Waals surface area contributed by atoms with Crippen LogP contribution in [0.2, 0.25) is 5.02 Å². The van der Waals surface area contributed by atoms with Gasteiger partial charge in [-0.1, -0.05) is 23.7 Å². The molecule has 4 aromatic rings. The third-order valence-corrected chi connectivity index (χ3v) is 9.25. The Kier molecular flexibility index (Phi) is 8.67. The Morgan fingerprint density at radius 3 is 2.38 bits per heavy atom. The topological polar surface area (TPSA) is 118 Å². The van der Waals surface area contributed by atoms with Crippen LogP contribution >= 0.6 is 11.6 Å². The fraction of sp³-hybridized carbons (Fsp3) is 0.394. The van der Waals surface area contributed by atoms with Crippen LogP contribution in [0.25, 0.3) is 5.65 Å². The van der Waals surface area contributed by atoms with Crippen molar-refractivity contribution in [2.45, 2.75) is 44.4 Å². The minimum atomic E-state index is -0.897. The Morgan fingerprint density at radius 1 is 1.00 bits per heavy atom. The molecule has 2 aromatic heterocycles. The second-order valence-corrected chi connectivity index (χ2v) is 12.5. The molecule has 45 heavy (non-hydrogen) atoms. The number of amides is 2. The second-order valence-electron chi connectivity index (χ2n) is 12.0. The van der Waals surface area contributed by atoms with E-state index < -0.39 is 11.6 Å². The minimum absolute atomic E-state index is 0.161. The lowest BCUT2D eigenvalue weighted by Gasteiger charge is -2.42. The van der Waals surface area contributed by atoms with Crippen molar-refractivity contribution in [3.63, 3.8) is 0 Å². The molecular formula is C33H39ClN8O3. The van der Waals surface area contributed by atoms with E-state index in [-0.39, 0.29) is 11.8 Å². The summed E-state index contributed by atoms with van der Waals surface area (Å²) in [4.78, 5) is 37.0. The lowest BCUT2D eigenvalue weighted by Crippen LogP contribution is -2.61. The SMILES string of the molecule is CNC(=O)C1CN(C(C)C)CCN1C(=O)c1ccc(Nc2nc3c(N4CCC(O)(c5ccc(Cl)cc5)CC4)cccn3n2)cc1. The van der Waals surface area contributed by atoms with E-state index in [2.05, 4.69) is 39.4 Å². The van der Waals surface area contributed by atoms with Crippen LogP contribution in [0.3, 0.4) is 0 Å². The van der Waals surface area contributed by atoms with E-state index >= 15 is 0 Å². The van der Waals surface area contributed by atoms with Gasteiger partial charge in [-0.3, -0.25) is 14.5 Å². The molecule has 236 valence electrons. The maximum atomic E-state index is 13.5. The Bertz CT molecular complexity index is 1670. The van der Waals surface area contributed by atoms with Gasteiger partial charge in [0.1, 0.15) is 6.04 Å². The normalized spacial score (nSPS) is 18.8. The predicted molar refractivity (Wildman–Crippen MR) is 175 cm³/mol. The summed E-state index contributed by atoms with van der Waals surface area (Å²) in [5.74, 6) is 0.102. The van der Waals surface area contributed by atoms with Gasteiger partial charge in [0.2, 0.25) is 11.9 Å². The smallest absolute Gasteiger partial charge is 0.254 e. The highest BCUT2D eigenvalue weighted by atomic mass is 35.5. The first-order valence-corrected chi connectivity index (χ1v) is 15.8. The molecule has 2 aromatic carbocycles. The Hall–Kier alpha value is -4.19. The molecule has 0 aliphatic carbocycles. The number of fused-ring (bicyclic) bond motifs is 1. The third kappa shape index (κ3) is 6.33. The summed E-state index contributed by atoms with van der Waals surface area (Å²) in [6.07, 6.45) is 3.02. The van der Waals surface area contributed by atoms with E-state index in [1.54, 1.807) is 28.6 Å². The molecule has 2 fully saturated rings. The molecule has 0 saturated carbocycles. The number of rotatable bonds is 7. The summed E-state index contributed by atoms with van der Waals surface area (Å²) in [5, 5.41) is 22.6. The Labute approximate surface area is 267 Å². The molecule has 2 aliphatic heterocycles. The summed E-state index contributed by atoms with van der Waals surface area (Å²) in [6, 6.07) is 18.3. The number of pyridine rings is 1. The summed E-state index contributed by atoms with van der Waals surface area (Å²) in [5.41, 5.74) is 2.89. The number of halogens is 1. The number of aromatic nitrogens is 3. The number of benzene rings is 2. The van der Waals surface area contributed by atoms with Gasteiger partial charge in [-0.15, -0.1) is 5.10 Å². The first-order valence-electron chi connectivity index (χ1n) is 15.4. The van der Waals surface area contributed by atoms with Crippen molar-refractivity contribution in [3.05, 3.63) is 83.0 Å². The molecule has 11 nitrogen and oxygen atoms in total. The monoisotopic (exact) mass is 630 g/mol. The predicted octanol–water partition coefficient (Wildman–Crippen LogP) is 3.90.